The molecule has 0 N–H and O–H groups in total. The van der Waals surface area contributed by atoms with Crippen molar-refractivity contribution < 1.29 is 18.7 Å². The Balaban J connectivity index is 2.70. The van der Waals surface area contributed by atoms with Gasteiger partial charge in [0.2, 0.25) is 5.91 Å². The quantitative estimate of drug-likeness (QED) is 0.421. The van der Waals surface area contributed by atoms with E-state index in [9.17, 15) is 14.0 Å². The molecule has 0 saturated carbocycles. The highest BCUT2D eigenvalue weighted by molar-refractivity contribution is 5.93. The van der Waals surface area contributed by atoms with Gasteiger partial charge in [0.15, 0.2) is 0 Å². The molecule has 0 saturated heterocycles. The third-order valence-electron chi connectivity index (χ3n) is 3.08. The maximum atomic E-state index is 12.9. The van der Waals surface area contributed by atoms with Crippen molar-refractivity contribution in [2.24, 2.45) is 0 Å². The summed E-state index contributed by atoms with van der Waals surface area (Å²) in [6, 6.07) is 5.93. The molecule has 0 unspecified atom stereocenters. The predicted octanol–water partition coefficient (Wildman–Crippen LogP) is 2.85. The Morgan fingerprint density at radius 1 is 1.27 bits per heavy atom. The summed E-state index contributed by atoms with van der Waals surface area (Å²) in [5, 5.41) is 0. The van der Waals surface area contributed by atoms with Crippen LogP contribution in [-0.4, -0.2) is 30.4 Å². The van der Waals surface area contributed by atoms with Gasteiger partial charge in [-0.05, 0) is 24.1 Å². The standard InChI is InChI=1S/C17H20FNO3/c1-4-11-19(12-14-6-8-15(18)9-7-14)17(21)13(2)5-10-16(20)22-3/h4,6-9H,1-2,5,10-12H2,3H3. The van der Waals surface area contributed by atoms with E-state index in [-0.39, 0.29) is 30.5 Å². The van der Waals surface area contributed by atoms with Crippen molar-refractivity contribution >= 4 is 11.9 Å². The molecule has 1 aromatic carbocycles. The van der Waals surface area contributed by atoms with Crippen LogP contribution in [-0.2, 0) is 20.9 Å². The van der Waals surface area contributed by atoms with Crippen molar-refractivity contribution in [3.8, 4) is 0 Å². The van der Waals surface area contributed by atoms with E-state index in [0.29, 0.717) is 18.7 Å². The van der Waals surface area contributed by atoms with Gasteiger partial charge in [0, 0.05) is 25.1 Å². The Morgan fingerprint density at radius 3 is 2.45 bits per heavy atom. The normalized spacial score (nSPS) is 9.91. The molecule has 0 aliphatic rings. The highest BCUT2D eigenvalue weighted by atomic mass is 19.1. The maximum absolute atomic E-state index is 12.9. The van der Waals surface area contributed by atoms with Crippen LogP contribution < -0.4 is 0 Å². The Bertz CT molecular complexity index is 552. The van der Waals surface area contributed by atoms with Crippen LogP contribution in [0.2, 0.25) is 0 Å². The molecular formula is C17H20FNO3. The molecule has 1 rings (SSSR count). The fourth-order valence-corrected chi connectivity index (χ4v) is 1.87. The fraction of sp³-hybridized carbons (Fsp3) is 0.294. The first-order valence-corrected chi connectivity index (χ1v) is 6.87. The van der Waals surface area contributed by atoms with E-state index >= 15 is 0 Å². The molecule has 5 heteroatoms. The van der Waals surface area contributed by atoms with Crippen molar-refractivity contribution in [1.29, 1.82) is 0 Å². The summed E-state index contributed by atoms with van der Waals surface area (Å²) < 4.78 is 17.5. The molecular weight excluding hydrogens is 285 g/mol. The van der Waals surface area contributed by atoms with Crippen LogP contribution in [0.4, 0.5) is 4.39 Å². The van der Waals surface area contributed by atoms with E-state index < -0.39 is 0 Å². The topological polar surface area (TPSA) is 46.6 Å². The first-order chi connectivity index (χ1) is 10.5. The van der Waals surface area contributed by atoms with Crippen molar-refractivity contribution in [1.82, 2.24) is 4.90 Å². The minimum atomic E-state index is -0.386. The van der Waals surface area contributed by atoms with Crippen LogP contribution in [0.25, 0.3) is 0 Å². The fourth-order valence-electron chi connectivity index (χ4n) is 1.87. The molecule has 0 aromatic heterocycles. The summed E-state index contributed by atoms with van der Waals surface area (Å²) in [6.45, 7) is 8.02. The molecule has 1 aromatic rings. The average molecular weight is 305 g/mol. The SMILES string of the molecule is C=CCN(Cc1ccc(F)cc1)C(=O)C(=C)CCC(=O)OC. The van der Waals surface area contributed by atoms with Gasteiger partial charge in [-0.3, -0.25) is 9.59 Å². The smallest absolute Gasteiger partial charge is 0.305 e. The Hall–Kier alpha value is -2.43. The van der Waals surface area contributed by atoms with Gasteiger partial charge in [-0.2, -0.15) is 0 Å². The number of esters is 1. The lowest BCUT2D eigenvalue weighted by molar-refractivity contribution is -0.140. The molecule has 118 valence electrons. The molecule has 1 amide bonds. The first kappa shape index (κ1) is 17.6. The lowest BCUT2D eigenvalue weighted by Crippen LogP contribution is -2.31. The maximum Gasteiger partial charge on any atom is 0.305 e. The lowest BCUT2D eigenvalue weighted by atomic mass is 10.1. The number of methoxy groups -OCH3 is 1. The van der Waals surface area contributed by atoms with Gasteiger partial charge in [-0.25, -0.2) is 4.39 Å². The molecule has 0 aliphatic carbocycles. The van der Waals surface area contributed by atoms with Crippen molar-refractivity contribution in [2.75, 3.05) is 13.7 Å². The highest BCUT2D eigenvalue weighted by Gasteiger charge is 2.17. The number of carbonyl (C=O) groups is 2. The molecule has 0 radical (unpaired) electrons. The molecule has 0 bridgehead atoms. The largest absolute Gasteiger partial charge is 0.469 e. The monoisotopic (exact) mass is 305 g/mol. The number of halogens is 1. The zero-order valence-corrected chi connectivity index (χ0v) is 12.7. The van der Waals surface area contributed by atoms with Gasteiger partial charge in [0.1, 0.15) is 5.82 Å². The summed E-state index contributed by atoms with van der Waals surface area (Å²) in [5.74, 6) is -0.969. The van der Waals surface area contributed by atoms with Crippen molar-refractivity contribution in [2.45, 2.75) is 19.4 Å². The van der Waals surface area contributed by atoms with Crippen LogP contribution in [0.3, 0.4) is 0 Å². The number of hydrogen-bond acceptors (Lipinski definition) is 3. The molecule has 0 fully saturated rings. The second kappa shape index (κ2) is 8.77. The number of nitrogens with zero attached hydrogens (tertiary/aromatic N) is 1. The average Bonchev–Trinajstić information content (AvgIpc) is 2.53. The van der Waals surface area contributed by atoms with Crippen molar-refractivity contribution in [3.63, 3.8) is 0 Å². The lowest BCUT2D eigenvalue weighted by Gasteiger charge is -2.22. The van der Waals surface area contributed by atoms with Gasteiger partial charge < -0.3 is 9.64 Å². The van der Waals surface area contributed by atoms with E-state index in [1.807, 2.05) is 0 Å². The van der Waals surface area contributed by atoms with E-state index in [1.165, 1.54) is 19.2 Å². The molecule has 22 heavy (non-hydrogen) atoms. The molecule has 0 aliphatic heterocycles. The Labute approximate surface area is 129 Å². The number of hydrogen-bond donors (Lipinski definition) is 0. The van der Waals surface area contributed by atoms with Gasteiger partial charge >= 0.3 is 5.97 Å². The van der Waals surface area contributed by atoms with E-state index in [2.05, 4.69) is 17.9 Å². The second-order valence-corrected chi connectivity index (χ2v) is 4.78. The highest BCUT2D eigenvalue weighted by Crippen LogP contribution is 2.12. The molecule has 0 atom stereocenters. The summed E-state index contributed by atoms with van der Waals surface area (Å²) in [5.41, 5.74) is 1.13. The van der Waals surface area contributed by atoms with E-state index in [0.717, 1.165) is 5.56 Å². The third kappa shape index (κ3) is 5.52. The Morgan fingerprint density at radius 2 is 1.91 bits per heavy atom. The van der Waals surface area contributed by atoms with Gasteiger partial charge in [0.25, 0.3) is 0 Å². The van der Waals surface area contributed by atoms with Crippen LogP contribution in [0.1, 0.15) is 18.4 Å². The van der Waals surface area contributed by atoms with E-state index in [4.69, 9.17) is 0 Å². The summed E-state index contributed by atoms with van der Waals surface area (Å²) in [6.07, 6.45) is 1.96. The zero-order chi connectivity index (χ0) is 16.5. The number of carbonyl (C=O) groups excluding carboxylic acids is 2. The second-order valence-electron chi connectivity index (χ2n) is 4.78. The number of benzene rings is 1. The van der Waals surface area contributed by atoms with Crippen LogP contribution >= 0.6 is 0 Å². The summed E-state index contributed by atoms with van der Waals surface area (Å²) in [7, 11) is 1.30. The minimum absolute atomic E-state index is 0.111. The summed E-state index contributed by atoms with van der Waals surface area (Å²) >= 11 is 0. The van der Waals surface area contributed by atoms with Gasteiger partial charge in [-0.15, -0.1) is 6.58 Å². The van der Waals surface area contributed by atoms with Crippen LogP contribution in [0.15, 0.2) is 49.1 Å². The molecule has 0 heterocycles. The van der Waals surface area contributed by atoms with Gasteiger partial charge in [0.05, 0.1) is 7.11 Å². The number of amides is 1. The number of ether oxygens (including phenoxy) is 1. The first-order valence-electron chi connectivity index (χ1n) is 6.87. The third-order valence-corrected chi connectivity index (χ3v) is 3.08. The van der Waals surface area contributed by atoms with E-state index in [1.54, 1.807) is 23.1 Å². The Kier molecular flexibility index (Phi) is 7.02. The molecule has 4 nitrogen and oxygen atoms in total. The van der Waals surface area contributed by atoms with Gasteiger partial charge in [-0.1, -0.05) is 24.8 Å². The summed E-state index contributed by atoms with van der Waals surface area (Å²) in [4.78, 5) is 25.0. The number of rotatable bonds is 8. The predicted molar refractivity (Wildman–Crippen MR) is 82.4 cm³/mol. The minimum Gasteiger partial charge on any atom is -0.469 e. The van der Waals surface area contributed by atoms with Crippen LogP contribution in [0, 0.1) is 5.82 Å². The van der Waals surface area contributed by atoms with Crippen LogP contribution in [0.5, 0.6) is 0 Å². The molecule has 0 spiro atoms. The van der Waals surface area contributed by atoms with Crippen molar-refractivity contribution in [3.05, 3.63) is 60.5 Å². The zero-order valence-electron chi connectivity index (χ0n) is 12.7.